The van der Waals surface area contributed by atoms with Crippen LogP contribution >= 0.6 is 11.8 Å². The summed E-state index contributed by atoms with van der Waals surface area (Å²) < 4.78 is 0. The molecule has 142 valence electrons. The molecule has 1 aromatic carbocycles. The molecule has 6 N–H and O–H groups in total. The number of hydrogen-bond acceptors (Lipinski definition) is 6. The van der Waals surface area contributed by atoms with Gasteiger partial charge in [0, 0.05) is 36.7 Å². The van der Waals surface area contributed by atoms with Crippen LogP contribution < -0.4 is 16.4 Å². The molecule has 1 aliphatic rings. The maximum Gasteiger partial charge on any atom is 0.242 e. The van der Waals surface area contributed by atoms with Crippen LogP contribution in [0, 0.1) is 5.41 Å². The van der Waals surface area contributed by atoms with E-state index >= 15 is 0 Å². The van der Waals surface area contributed by atoms with Crippen LogP contribution in [0.1, 0.15) is 11.1 Å². The molecule has 0 radical (unpaired) electrons. The average Bonchev–Trinajstić information content (AvgIpc) is 2.67. The summed E-state index contributed by atoms with van der Waals surface area (Å²) in [5.41, 5.74) is 6.93. The lowest BCUT2D eigenvalue weighted by Gasteiger charge is -2.26. The lowest BCUT2D eigenvalue weighted by molar-refractivity contribution is -0.133. The van der Waals surface area contributed by atoms with Crippen molar-refractivity contribution in [2.45, 2.75) is 12.6 Å². The molecule has 0 saturated carbocycles. The predicted octanol–water partition coefficient (Wildman–Crippen LogP) is -0.887. The molecule has 1 aromatic rings. The van der Waals surface area contributed by atoms with Gasteiger partial charge in [-0.3, -0.25) is 20.3 Å². The fourth-order valence-corrected chi connectivity index (χ4v) is 3.40. The van der Waals surface area contributed by atoms with E-state index in [1.165, 1.54) is 0 Å². The van der Waals surface area contributed by atoms with Crippen LogP contribution in [0.5, 0.6) is 0 Å². The largest absolute Gasteiger partial charge is 0.394 e. The minimum absolute atomic E-state index is 0.00547. The van der Waals surface area contributed by atoms with Gasteiger partial charge >= 0.3 is 0 Å². The second-order valence-corrected chi connectivity index (χ2v) is 7.16. The average molecular weight is 379 g/mol. The fourth-order valence-electron chi connectivity index (χ4n) is 2.49. The van der Waals surface area contributed by atoms with Crippen molar-refractivity contribution in [3.63, 3.8) is 0 Å². The van der Waals surface area contributed by atoms with Crippen LogP contribution in [0.25, 0.3) is 0 Å². The topological polar surface area (TPSA) is 132 Å². The number of amidine groups is 1. The molecule has 26 heavy (non-hydrogen) atoms. The number of benzene rings is 1. The fraction of sp³-hybridized carbons (Fsp3) is 0.471. The number of hydrogen-bond donors (Lipinski definition) is 5. The van der Waals surface area contributed by atoms with Crippen LogP contribution in [0.3, 0.4) is 0 Å². The van der Waals surface area contributed by atoms with Crippen molar-refractivity contribution in [3.05, 3.63) is 35.4 Å². The van der Waals surface area contributed by atoms with Crippen molar-refractivity contribution in [2.24, 2.45) is 5.73 Å². The molecule has 2 amide bonds. The van der Waals surface area contributed by atoms with Gasteiger partial charge in [-0.15, -0.1) is 0 Å². The summed E-state index contributed by atoms with van der Waals surface area (Å²) in [6.45, 7) is 1.35. The van der Waals surface area contributed by atoms with Gasteiger partial charge < -0.3 is 21.1 Å². The number of nitrogen functional groups attached to an aromatic ring is 1. The Hall–Kier alpha value is -2.10. The second-order valence-electron chi connectivity index (χ2n) is 5.94. The molecule has 1 unspecified atom stereocenters. The van der Waals surface area contributed by atoms with E-state index < -0.39 is 11.9 Å². The second kappa shape index (κ2) is 10.1. The Morgan fingerprint density at radius 3 is 2.50 bits per heavy atom. The zero-order chi connectivity index (χ0) is 18.9. The van der Waals surface area contributed by atoms with Crippen molar-refractivity contribution in [2.75, 3.05) is 37.7 Å². The highest BCUT2D eigenvalue weighted by molar-refractivity contribution is 7.99. The Morgan fingerprint density at radius 2 is 1.92 bits per heavy atom. The molecule has 1 atom stereocenters. The van der Waals surface area contributed by atoms with E-state index in [1.807, 2.05) is 11.8 Å². The first-order valence-electron chi connectivity index (χ1n) is 8.42. The number of amides is 2. The van der Waals surface area contributed by atoms with E-state index in [4.69, 9.17) is 11.1 Å². The molecule has 8 nitrogen and oxygen atoms in total. The normalized spacial score (nSPS) is 15.3. The predicted molar refractivity (Wildman–Crippen MR) is 102 cm³/mol. The van der Waals surface area contributed by atoms with Gasteiger partial charge in [0.05, 0.1) is 13.2 Å². The van der Waals surface area contributed by atoms with Crippen molar-refractivity contribution < 1.29 is 14.7 Å². The number of nitrogens with two attached hydrogens (primary N) is 1. The van der Waals surface area contributed by atoms with E-state index in [-0.39, 0.29) is 24.9 Å². The lowest BCUT2D eigenvalue weighted by Crippen LogP contribution is -2.50. The standard InChI is InChI=1S/C17H25N5O3S/c18-16(19)13-3-1-12(2-4-13)9-20-14(11-23)17(25)21-10-15(24)22-5-7-26-8-6-22/h1-4,14,20,23H,5-11H2,(H3,18,19)(H,21,25). The zero-order valence-electron chi connectivity index (χ0n) is 14.5. The third kappa shape index (κ3) is 6.01. The highest BCUT2D eigenvalue weighted by Gasteiger charge is 2.20. The monoisotopic (exact) mass is 379 g/mol. The first kappa shape index (κ1) is 20.2. The first-order valence-corrected chi connectivity index (χ1v) is 9.57. The van der Waals surface area contributed by atoms with Gasteiger partial charge in [-0.1, -0.05) is 24.3 Å². The number of thioether (sulfide) groups is 1. The van der Waals surface area contributed by atoms with Crippen LogP contribution in [0.2, 0.25) is 0 Å². The molecule has 0 bridgehead atoms. The van der Waals surface area contributed by atoms with Gasteiger partial charge in [0.25, 0.3) is 0 Å². The molecule has 1 aliphatic heterocycles. The summed E-state index contributed by atoms with van der Waals surface area (Å²) in [5.74, 6) is 1.32. The number of aliphatic hydroxyl groups excluding tert-OH is 1. The van der Waals surface area contributed by atoms with Crippen LogP contribution in [-0.2, 0) is 16.1 Å². The van der Waals surface area contributed by atoms with Crippen molar-refractivity contribution >= 4 is 29.4 Å². The molecule has 0 spiro atoms. The maximum absolute atomic E-state index is 12.2. The molecule has 2 rings (SSSR count). The Kier molecular flexibility index (Phi) is 7.89. The van der Waals surface area contributed by atoms with E-state index in [9.17, 15) is 14.7 Å². The van der Waals surface area contributed by atoms with Crippen molar-refractivity contribution in [3.8, 4) is 0 Å². The number of nitrogens with zero attached hydrogens (tertiary/aromatic N) is 1. The third-order valence-electron chi connectivity index (χ3n) is 4.09. The lowest BCUT2D eigenvalue weighted by atomic mass is 10.1. The van der Waals surface area contributed by atoms with Gasteiger partial charge in [-0.25, -0.2) is 0 Å². The number of carbonyl (C=O) groups excluding carboxylic acids is 2. The molecular formula is C17H25N5O3S. The summed E-state index contributed by atoms with van der Waals surface area (Å²) in [4.78, 5) is 26.0. The summed E-state index contributed by atoms with van der Waals surface area (Å²) in [7, 11) is 0. The van der Waals surface area contributed by atoms with Crippen LogP contribution in [0.4, 0.5) is 0 Å². The molecule has 9 heteroatoms. The Morgan fingerprint density at radius 1 is 1.27 bits per heavy atom. The molecule has 1 saturated heterocycles. The third-order valence-corrected chi connectivity index (χ3v) is 5.04. The Balaban J connectivity index is 1.78. The van der Waals surface area contributed by atoms with E-state index in [0.717, 1.165) is 17.1 Å². The first-order chi connectivity index (χ1) is 12.5. The molecular weight excluding hydrogens is 354 g/mol. The van der Waals surface area contributed by atoms with E-state index in [1.54, 1.807) is 29.2 Å². The summed E-state index contributed by atoms with van der Waals surface area (Å²) in [6.07, 6.45) is 0. The summed E-state index contributed by atoms with van der Waals surface area (Å²) in [6, 6.07) is 6.25. The quantitative estimate of drug-likeness (QED) is 0.294. The molecule has 0 aliphatic carbocycles. The van der Waals surface area contributed by atoms with Gasteiger partial charge in [0.15, 0.2) is 0 Å². The van der Waals surface area contributed by atoms with Crippen molar-refractivity contribution in [1.82, 2.24) is 15.5 Å². The molecule has 1 heterocycles. The maximum atomic E-state index is 12.2. The Bertz CT molecular complexity index is 632. The van der Waals surface area contributed by atoms with E-state index in [0.29, 0.717) is 25.2 Å². The van der Waals surface area contributed by atoms with Gasteiger partial charge in [-0.05, 0) is 5.56 Å². The minimum atomic E-state index is -0.799. The van der Waals surface area contributed by atoms with Gasteiger partial charge in [0.2, 0.25) is 11.8 Å². The highest BCUT2D eigenvalue weighted by Crippen LogP contribution is 2.08. The van der Waals surface area contributed by atoms with Crippen LogP contribution in [-0.4, -0.2) is 71.4 Å². The molecule has 1 fully saturated rings. The highest BCUT2D eigenvalue weighted by atomic mass is 32.2. The minimum Gasteiger partial charge on any atom is -0.394 e. The SMILES string of the molecule is N=C(N)c1ccc(CNC(CO)C(=O)NCC(=O)N2CCSCC2)cc1. The zero-order valence-corrected chi connectivity index (χ0v) is 15.3. The number of nitrogens with one attached hydrogen (secondary N) is 3. The van der Waals surface area contributed by atoms with E-state index in [2.05, 4.69) is 10.6 Å². The van der Waals surface area contributed by atoms with Crippen molar-refractivity contribution in [1.29, 1.82) is 5.41 Å². The van der Waals surface area contributed by atoms with Gasteiger partial charge in [-0.2, -0.15) is 11.8 Å². The number of rotatable bonds is 8. The smallest absolute Gasteiger partial charge is 0.242 e. The number of aliphatic hydroxyl groups is 1. The Labute approximate surface area is 157 Å². The van der Waals surface area contributed by atoms with Crippen LogP contribution in [0.15, 0.2) is 24.3 Å². The molecule has 0 aromatic heterocycles. The summed E-state index contributed by atoms with van der Waals surface area (Å²) >= 11 is 1.81. The summed E-state index contributed by atoms with van der Waals surface area (Å²) in [5, 5.41) is 22.3. The number of carbonyl (C=O) groups is 2. The van der Waals surface area contributed by atoms with Gasteiger partial charge in [0.1, 0.15) is 11.9 Å².